The topological polar surface area (TPSA) is 50.2 Å². The van der Waals surface area contributed by atoms with Gasteiger partial charge in [-0.25, -0.2) is 14.2 Å². The Balaban J connectivity index is 2.48. The average molecular weight is 320 g/mol. The molecule has 0 aliphatic heterocycles. The van der Waals surface area contributed by atoms with Gasteiger partial charge in [-0.2, -0.15) is 13.2 Å². The summed E-state index contributed by atoms with van der Waals surface area (Å²) in [6.45, 7) is 0. The van der Waals surface area contributed by atoms with Crippen molar-refractivity contribution in [3.63, 3.8) is 0 Å². The fourth-order valence-corrected chi connectivity index (χ4v) is 1.86. The first-order chi connectivity index (χ1) is 9.70. The number of pyridine rings is 1. The quantitative estimate of drug-likeness (QED) is 0.664. The third-order valence-corrected chi connectivity index (χ3v) is 2.93. The molecule has 3 nitrogen and oxygen atoms in total. The second kappa shape index (κ2) is 5.33. The van der Waals surface area contributed by atoms with Gasteiger partial charge >= 0.3 is 12.1 Å². The van der Waals surface area contributed by atoms with Gasteiger partial charge < -0.3 is 5.11 Å². The van der Waals surface area contributed by atoms with E-state index in [1.165, 1.54) is 0 Å². The normalized spacial score (nSPS) is 11.5. The standard InChI is InChI=1S/C13H6ClF4NO2/c14-11-8(12(20)21)5-9(15)10(19-11)6-1-3-7(4-2-6)13(16,17)18/h1-5H,(H,20,21). The van der Waals surface area contributed by atoms with Gasteiger partial charge in [-0.3, -0.25) is 0 Å². The molecule has 0 unspecified atom stereocenters. The van der Waals surface area contributed by atoms with E-state index in [9.17, 15) is 22.4 Å². The van der Waals surface area contributed by atoms with Crippen LogP contribution in [0.3, 0.4) is 0 Å². The molecule has 21 heavy (non-hydrogen) atoms. The highest BCUT2D eigenvalue weighted by Gasteiger charge is 2.30. The molecule has 0 atom stereocenters. The van der Waals surface area contributed by atoms with E-state index in [1.54, 1.807) is 0 Å². The minimum absolute atomic E-state index is 0.0549. The molecular weight excluding hydrogens is 314 g/mol. The molecule has 0 fully saturated rings. The molecule has 0 aliphatic carbocycles. The van der Waals surface area contributed by atoms with Crippen LogP contribution in [0.25, 0.3) is 11.3 Å². The highest BCUT2D eigenvalue weighted by atomic mass is 35.5. The van der Waals surface area contributed by atoms with Gasteiger partial charge in [0.1, 0.15) is 16.7 Å². The summed E-state index contributed by atoms with van der Waals surface area (Å²) in [5.41, 5.74) is -1.68. The lowest BCUT2D eigenvalue weighted by Gasteiger charge is -2.09. The van der Waals surface area contributed by atoms with Gasteiger partial charge in [0.2, 0.25) is 0 Å². The molecule has 0 saturated heterocycles. The molecule has 0 bridgehead atoms. The summed E-state index contributed by atoms with van der Waals surface area (Å²) in [6.07, 6.45) is -4.50. The summed E-state index contributed by atoms with van der Waals surface area (Å²) < 4.78 is 51.1. The number of benzene rings is 1. The zero-order valence-electron chi connectivity index (χ0n) is 10.1. The maximum absolute atomic E-state index is 13.8. The van der Waals surface area contributed by atoms with E-state index >= 15 is 0 Å². The minimum atomic E-state index is -4.50. The van der Waals surface area contributed by atoms with E-state index < -0.39 is 34.2 Å². The minimum Gasteiger partial charge on any atom is -0.478 e. The van der Waals surface area contributed by atoms with Crippen molar-refractivity contribution < 1.29 is 27.5 Å². The monoisotopic (exact) mass is 319 g/mol. The Morgan fingerprint density at radius 1 is 1.19 bits per heavy atom. The Hall–Kier alpha value is -2.15. The van der Waals surface area contributed by atoms with Crippen molar-refractivity contribution in [1.82, 2.24) is 4.98 Å². The second-order valence-electron chi connectivity index (χ2n) is 4.04. The highest BCUT2D eigenvalue weighted by Crippen LogP contribution is 2.31. The number of aromatic carboxylic acids is 1. The zero-order chi connectivity index (χ0) is 15.8. The van der Waals surface area contributed by atoms with E-state index in [2.05, 4.69) is 4.98 Å². The van der Waals surface area contributed by atoms with Crippen LogP contribution in [0.4, 0.5) is 17.6 Å². The molecule has 2 rings (SSSR count). The predicted octanol–water partition coefficient (Wildman–Crippen LogP) is 4.26. The van der Waals surface area contributed by atoms with Gasteiger partial charge in [0, 0.05) is 5.56 Å². The van der Waals surface area contributed by atoms with Crippen molar-refractivity contribution in [3.05, 3.63) is 52.4 Å². The summed E-state index contributed by atoms with van der Waals surface area (Å²) in [4.78, 5) is 14.3. The zero-order valence-corrected chi connectivity index (χ0v) is 10.8. The lowest BCUT2D eigenvalue weighted by atomic mass is 10.1. The lowest BCUT2D eigenvalue weighted by Crippen LogP contribution is -2.05. The third kappa shape index (κ3) is 3.13. The van der Waals surface area contributed by atoms with Crippen molar-refractivity contribution >= 4 is 17.6 Å². The Kier molecular flexibility index (Phi) is 3.87. The number of aromatic nitrogens is 1. The first kappa shape index (κ1) is 15.2. The van der Waals surface area contributed by atoms with Gasteiger partial charge in [-0.05, 0) is 18.2 Å². The number of carboxylic acids is 1. The molecule has 0 radical (unpaired) electrons. The average Bonchev–Trinajstić information content (AvgIpc) is 2.40. The number of hydrogen-bond donors (Lipinski definition) is 1. The van der Waals surface area contributed by atoms with Crippen LogP contribution in [-0.2, 0) is 6.18 Å². The number of alkyl halides is 3. The first-order valence-electron chi connectivity index (χ1n) is 5.47. The number of hydrogen-bond acceptors (Lipinski definition) is 2. The van der Waals surface area contributed by atoms with Crippen molar-refractivity contribution in [2.24, 2.45) is 0 Å². The summed E-state index contributed by atoms with van der Waals surface area (Å²) in [5.74, 6) is -2.44. The molecule has 0 amide bonds. The molecule has 1 aromatic heterocycles. The van der Waals surface area contributed by atoms with Crippen molar-refractivity contribution in [2.75, 3.05) is 0 Å². The van der Waals surface area contributed by atoms with Crippen LogP contribution in [0.2, 0.25) is 5.15 Å². The molecular formula is C13H6ClF4NO2. The number of halogens is 5. The van der Waals surface area contributed by atoms with Gasteiger partial charge in [0.25, 0.3) is 0 Å². The fourth-order valence-electron chi connectivity index (χ4n) is 1.64. The van der Waals surface area contributed by atoms with E-state index in [4.69, 9.17) is 16.7 Å². The Morgan fingerprint density at radius 3 is 2.24 bits per heavy atom. The van der Waals surface area contributed by atoms with E-state index in [0.717, 1.165) is 24.3 Å². The van der Waals surface area contributed by atoms with Crippen LogP contribution in [0, 0.1) is 5.82 Å². The van der Waals surface area contributed by atoms with Crippen molar-refractivity contribution in [3.8, 4) is 11.3 Å². The SMILES string of the molecule is O=C(O)c1cc(F)c(-c2ccc(C(F)(F)F)cc2)nc1Cl. The van der Waals surface area contributed by atoms with Crippen LogP contribution in [0.15, 0.2) is 30.3 Å². The van der Waals surface area contributed by atoms with Crippen molar-refractivity contribution in [1.29, 1.82) is 0 Å². The van der Waals surface area contributed by atoms with Gasteiger partial charge in [0.05, 0.1) is 11.1 Å². The molecule has 1 aromatic carbocycles. The van der Waals surface area contributed by atoms with Crippen molar-refractivity contribution in [2.45, 2.75) is 6.18 Å². The maximum Gasteiger partial charge on any atom is 0.416 e. The predicted molar refractivity (Wildman–Crippen MR) is 66.6 cm³/mol. The van der Waals surface area contributed by atoms with Crippen LogP contribution < -0.4 is 0 Å². The fraction of sp³-hybridized carbons (Fsp3) is 0.0769. The highest BCUT2D eigenvalue weighted by molar-refractivity contribution is 6.32. The molecule has 1 N–H and O–H groups in total. The van der Waals surface area contributed by atoms with Gasteiger partial charge in [0.15, 0.2) is 0 Å². The van der Waals surface area contributed by atoms with E-state index in [-0.39, 0.29) is 11.3 Å². The number of nitrogens with zero attached hydrogens (tertiary/aromatic N) is 1. The summed E-state index contributed by atoms with van der Waals surface area (Å²) in [6, 6.07) is 4.28. The summed E-state index contributed by atoms with van der Waals surface area (Å²) >= 11 is 5.61. The van der Waals surface area contributed by atoms with Gasteiger partial charge in [-0.1, -0.05) is 23.7 Å². The van der Waals surface area contributed by atoms with Gasteiger partial charge in [-0.15, -0.1) is 0 Å². The van der Waals surface area contributed by atoms with Crippen LogP contribution in [-0.4, -0.2) is 16.1 Å². The summed E-state index contributed by atoms with van der Waals surface area (Å²) in [5, 5.41) is 8.32. The Morgan fingerprint density at radius 2 is 1.76 bits per heavy atom. The smallest absolute Gasteiger partial charge is 0.416 e. The second-order valence-corrected chi connectivity index (χ2v) is 4.40. The molecule has 2 aromatic rings. The number of carbonyl (C=O) groups is 1. The number of rotatable bonds is 2. The Labute approximate surface area is 120 Å². The molecule has 110 valence electrons. The maximum atomic E-state index is 13.8. The van der Waals surface area contributed by atoms with Crippen LogP contribution >= 0.6 is 11.6 Å². The lowest BCUT2D eigenvalue weighted by molar-refractivity contribution is -0.137. The third-order valence-electron chi connectivity index (χ3n) is 2.65. The molecule has 0 aliphatic rings. The molecule has 0 saturated carbocycles. The van der Waals surface area contributed by atoms with E-state index in [1.807, 2.05) is 0 Å². The Bertz CT molecular complexity index is 699. The summed E-state index contributed by atoms with van der Waals surface area (Å²) in [7, 11) is 0. The van der Waals surface area contributed by atoms with Crippen LogP contribution in [0.1, 0.15) is 15.9 Å². The van der Waals surface area contributed by atoms with Crippen LogP contribution in [0.5, 0.6) is 0 Å². The first-order valence-corrected chi connectivity index (χ1v) is 5.85. The van der Waals surface area contributed by atoms with E-state index in [0.29, 0.717) is 6.07 Å². The number of carboxylic acid groups (broad SMARTS) is 1. The molecule has 1 heterocycles. The molecule has 8 heteroatoms. The molecule has 0 spiro atoms. The largest absolute Gasteiger partial charge is 0.478 e.